The fraction of sp³-hybridized carbons (Fsp3) is 0.588. The summed E-state index contributed by atoms with van der Waals surface area (Å²) >= 11 is 0. The van der Waals surface area contributed by atoms with Crippen LogP contribution in [0, 0.1) is 5.92 Å². The van der Waals surface area contributed by atoms with E-state index in [2.05, 4.69) is 32.6 Å². The molecular weight excluding hydrogens is 250 g/mol. The number of benzene rings is 1. The first-order valence-electron chi connectivity index (χ1n) is 7.50. The van der Waals surface area contributed by atoms with Crippen LogP contribution in [-0.2, 0) is 4.74 Å². The first-order chi connectivity index (χ1) is 9.49. The van der Waals surface area contributed by atoms with E-state index < -0.39 is 0 Å². The molecule has 20 heavy (non-hydrogen) atoms. The van der Waals surface area contributed by atoms with Gasteiger partial charge in [-0.25, -0.2) is 4.79 Å². The van der Waals surface area contributed by atoms with Gasteiger partial charge in [0.2, 0.25) is 0 Å². The fourth-order valence-corrected chi connectivity index (χ4v) is 3.00. The van der Waals surface area contributed by atoms with Crippen LogP contribution in [0.4, 0.5) is 0 Å². The van der Waals surface area contributed by atoms with Crippen LogP contribution in [0.25, 0.3) is 0 Å². The number of esters is 1. The van der Waals surface area contributed by atoms with Crippen LogP contribution in [0.2, 0.25) is 0 Å². The molecule has 2 rings (SSSR count). The number of hydrogen-bond donors (Lipinski definition) is 0. The Morgan fingerprint density at radius 2 is 1.90 bits per heavy atom. The van der Waals surface area contributed by atoms with Crippen molar-refractivity contribution in [3.05, 3.63) is 35.9 Å². The van der Waals surface area contributed by atoms with Crippen LogP contribution >= 0.6 is 0 Å². The Balaban J connectivity index is 1.99. The maximum Gasteiger partial charge on any atom is 0.338 e. The lowest BCUT2D eigenvalue weighted by Crippen LogP contribution is -2.51. The van der Waals surface area contributed by atoms with E-state index in [1.165, 1.54) is 0 Å². The van der Waals surface area contributed by atoms with Crippen LogP contribution in [-0.4, -0.2) is 35.6 Å². The molecule has 0 saturated carbocycles. The molecule has 0 radical (unpaired) electrons. The molecule has 1 heterocycles. The maximum absolute atomic E-state index is 12.1. The van der Waals surface area contributed by atoms with Crippen LogP contribution in [0.5, 0.6) is 0 Å². The molecule has 1 aliphatic rings. The third-order valence-electron chi connectivity index (χ3n) is 4.20. The number of rotatable bonds is 3. The molecular formula is C17H25NO2. The Labute approximate surface area is 121 Å². The van der Waals surface area contributed by atoms with Gasteiger partial charge in [0.15, 0.2) is 0 Å². The van der Waals surface area contributed by atoms with Crippen molar-refractivity contribution in [2.24, 2.45) is 5.92 Å². The molecule has 0 aliphatic carbocycles. The summed E-state index contributed by atoms with van der Waals surface area (Å²) in [5.41, 5.74) is 0.638. The third kappa shape index (κ3) is 3.40. The zero-order chi connectivity index (χ0) is 14.7. The number of piperidine rings is 1. The SMILES string of the molecule is CC(C)N1C[C@@H](C)[C@@H](OC(=O)c2ccccc2)C[C@@H]1C. The standard InChI is InChI=1S/C17H25NO2/c1-12(2)18-11-13(3)16(10-14(18)4)20-17(19)15-8-6-5-7-9-15/h5-9,12-14,16H,10-11H2,1-4H3/t13-,14+,16+/m1/s1. The van der Waals surface area contributed by atoms with Crippen LogP contribution < -0.4 is 0 Å². The lowest BCUT2D eigenvalue weighted by atomic mass is 9.90. The lowest BCUT2D eigenvalue weighted by Gasteiger charge is -2.43. The quantitative estimate of drug-likeness (QED) is 0.792. The van der Waals surface area contributed by atoms with Crippen molar-refractivity contribution in [3.63, 3.8) is 0 Å². The topological polar surface area (TPSA) is 29.5 Å². The number of nitrogens with zero attached hydrogens (tertiary/aromatic N) is 1. The Morgan fingerprint density at radius 3 is 2.50 bits per heavy atom. The molecule has 0 spiro atoms. The molecule has 0 amide bonds. The normalized spacial score (nSPS) is 27.6. The Hall–Kier alpha value is -1.35. The van der Waals surface area contributed by atoms with Crippen LogP contribution in [0.1, 0.15) is 44.5 Å². The number of hydrogen-bond acceptors (Lipinski definition) is 3. The summed E-state index contributed by atoms with van der Waals surface area (Å²) in [5, 5.41) is 0. The number of ether oxygens (including phenoxy) is 1. The Kier molecular flexibility index (Phi) is 4.81. The van der Waals surface area contributed by atoms with Gasteiger partial charge in [-0.2, -0.15) is 0 Å². The fourth-order valence-electron chi connectivity index (χ4n) is 3.00. The van der Waals surface area contributed by atoms with Crippen molar-refractivity contribution < 1.29 is 9.53 Å². The van der Waals surface area contributed by atoms with Gasteiger partial charge in [0.25, 0.3) is 0 Å². The van der Waals surface area contributed by atoms with Crippen molar-refractivity contribution in [3.8, 4) is 0 Å². The van der Waals surface area contributed by atoms with E-state index in [0.29, 0.717) is 23.6 Å². The van der Waals surface area contributed by atoms with Gasteiger partial charge in [0.1, 0.15) is 6.10 Å². The zero-order valence-corrected chi connectivity index (χ0v) is 12.9. The third-order valence-corrected chi connectivity index (χ3v) is 4.20. The maximum atomic E-state index is 12.1. The van der Waals surface area contributed by atoms with E-state index in [4.69, 9.17) is 4.74 Å². The summed E-state index contributed by atoms with van der Waals surface area (Å²) in [5.74, 6) is 0.175. The summed E-state index contributed by atoms with van der Waals surface area (Å²) < 4.78 is 5.72. The summed E-state index contributed by atoms with van der Waals surface area (Å²) in [6.07, 6.45) is 0.936. The van der Waals surface area contributed by atoms with E-state index in [-0.39, 0.29) is 12.1 Å². The van der Waals surface area contributed by atoms with Crippen molar-refractivity contribution in [1.29, 1.82) is 0 Å². The smallest absolute Gasteiger partial charge is 0.338 e. The highest BCUT2D eigenvalue weighted by atomic mass is 16.5. The molecule has 3 atom stereocenters. The lowest BCUT2D eigenvalue weighted by molar-refractivity contribution is -0.0329. The molecule has 0 N–H and O–H groups in total. The van der Waals surface area contributed by atoms with E-state index in [1.54, 1.807) is 12.1 Å². The van der Waals surface area contributed by atoms with Gasteiger partial charge in [0, 0.05) is 31.0 Å². The molecule has 1 saturated heterocycles. The second-order valence-electron chi connectivity index (χ2n) is 6.16. The minimum atomic E-state index is -0.201. The molecule has 3 nitrogen and oxygen atoms in total. The van der Waals surface area contributed by atoms with E-state index in [9.17, 15) is 4.79 Å². The molecule has 1 aromatic rings. The second kappa shape index (κ2) is 6.40. The van der Waals surface area contributed by atoms with Gasteiger partial charge in [-0.1, -0.05) is 25.1 Å². The minimum Gasteiger partial charge on any atom is -0.458 e. The molecule has 0 aromatic heterocycles. The predicted octanol–water partition coefficient (Wildman–Crippen LogP) is 3.35. The van der Waals surface area contributed by atoms with Crippen LogP contribution in [0.3, 0.4) is 0 Å². The monoisotopic (exact) mass is 275 g/mol. The predicted molar refractivity (Wildman–Crippen MR) is 80.7 cm³/mol. The number of carbonyl (C=O) groups is 1. The van der Waals surface area contributed by atoms with E-state index >= 15 is 0 Å². The van der Waals surface area contributed by atoms with E-state index in [1.807, 2.05) is 18.2 Å². The molecule has 1 fully saturated rings. The van der Waals surface area contributed by atoms with Gasteiger partial charge >= 0.3 is 5.97 Å². The summed E-state index contributed by atoms with van der Waals surface area (Å²) in [4.78, 5) is 14.6. The Morgan fingerprint density at radius 1 is 1.25 bits per heavy atom. The molecule has 1 aromatic carbocycles. The van der Waals surface area contributed by atoms with Crippen molar-refractivity contribution in [2.45, 2.75) is 52.3 Å². The average molecular weight is 275 g/mol. The highest BCUT2D eigenvalue weighted by Crippen LogP contribution is 2.27. The van der Waals surface area contributed by atoms with Gasteiger partial charge in [0.05, 0.1) is 5.56 Å². The molecule has 1 aliphatic heterocycles. The van der Waals surface area contributed by atoms with E-state index in [0.717, 1.165) is 13.0 Å². The minimum absolute atomic E-state index is 0.0210. The van der Waals surface area contributed by atoms with Crippen LogP contribution in [0.15, 0.2) is 30.3 Å². The summed E-state index contributed by atoms with van der Waals surface area (Å²) in [6.45, 7) is 9.82. The van der Waals surface area contributed by atoms with Crippen molar-refractivity contribution >= 4 is 5.97 Å². The van der Waals surface area contributed by atoms with Gasteiger partial charge in [-0.3, -0.25) is 4.90 Å². The molecule has 3 heteroatoms. The zero-order valence-electron chi connectivity index (χ0n) is 12.9. The highest BCUT2D eigenvalue weighted by molar-refractivity contribution is 5.89. The average Bonchev–Trinajstić information content (AvgIpc) is 2.43. The van der Waals surface area contributed by atoms with Gasteiger partial charge < -0.3 is 4.74 Å². The first kappa shape index (κ1) is 15.0. The molecule has 110 valence electrons. The number of likely N-dealkylation sites (tertiary alicyclic amines) is 1. The Bertz CT molecular complexity index is 444. The van der Waals surface area contributed by atoms with Gasteiger partial charge in [-0.05, 0) is 32.9 Å². The second-order valence-corrected chi connectivity index (χ2v) is 6.16. The summed E-state index contributed by atoms with van der Waals surface area (Å²) in [7, 11) is 0. The molecule has 0 unspecified atom stereocenters. The largest absolute Gasteiger partial charge is 0.458 e. The highest BCUT2D eigenvalue weighted by Gasteiger charge is 2.34. The number of carbonyl (C=O) groups excluding carboxylic acids is 1. The summed E-state index contributed by atoms with van der Waals surface area (Å²) in [6, 6.07) is 10.2. The van der Waals surface area contributed by atoms with Gasteiger partial charge in [-0.15, -0.1) is 0 Å². The van der Waals surface area contributed by atoms with Crippen molar-refractivity contribution in [2.75, 3.05) is 6.54 Å². The molecule has 0 bridgehead atoms. The first-order valence-corrected chi connectivity index (χ1v) is 7.50. The van der Waals surface area contributed by atoms with Crippen molar-refractivity contribution in [1.82, 2.24) is 4.90 Å².